The molecule has 1 fully saturated rings. The highest BCUT2D eigenvalue weighted by Gasteiger charge is 2.28. The summed E-state index contributed by atoms with van der Waals surface area (Å²) >= 11 is 0. The van der Waals surface area contributed by atoms with E-state index in [0.29, 0.717) is 0 Å². The van der Waals surface area contributed by atoms with Crippen molar-refractivity contribution in [2.75, 3.05) is 0 Å². The Morgan fingerprint density at radius 1 is 0.875 bits per heavy atom. The predicted octanol–water partition coefficient (Wildman–Crippen LogP) is 3.76. The summed E-state index contributed by atoms with van der Waals surface area (Å²) in [6.45, 7) is 0. The molecule has 0 atom stereocenters. The second kappa shape index (κ2) is 4.96. The number of benzene rings is 1. The molecule has 1 aromatic rings. The van der Waals surface area contributed by atoms with Crippen LogP contribution in [0.25, 0.3) is 0 Å². The van der Waals surface area contributed by atoms with E-state index in [4.69, 9.17) is 0 Å². The molecule has 88 valence electrons. The van der Waals surface area contributed by atoms with Crippen molar-refractivity contribution in [2.45, 2.75) is 50.5 Å². The van der Waals surface area contributed by atoms with Crippen molar-refractivity contribution in [3.05, 3.63) is 35.6 Å². The van der Waals surface area contributed by atoms with E-state index in [1.807, 2.05) is 0 Å². The normalized spacial score (nSPS) is 21.1. The Morgan fingerprint density at radius 3 is 1.94 bits per heavy atom. The van der Waals surface area contributed by atoms with E-state index in [9.17, 15) is 9.50 Å². The molecule has 0 aliphatic heterocycles. The van der Waals surface area contributed by atoms with Crippen LogP contribution in [0.5, 0.6) is 0 Å². The van der Waals surface area contributed by atoms with Crippen molar-refractivity contribution < 1.29 is 9.50 Å². The molecule has 2 heteroatoms. The lowest BCUT2D eigenvalue weighted by molar-refractivity contribution is 0.00956. The quantitative estimate of drug-likeness (QED) is 0.767. The van der Waals surface area contributed by atoms with Crippen LogP contribution >= 0.6 is 0 Å². The van der Waals surface area contributed by atoms with Gasteiger partial charge in [-0.25, -0.2) is 4.39 Å². The molecule has 1 aliphatic rings. The predicted molar refractivity (Wildman–Crippen MR) is 62.6 cm³/mol. The maximum absolute atomic E-state index is 12.8. The van der Waals surface area contributed by atoms with E-state index in [1.54, 1.807) is 12.1 Å². The monoisotopic (exact) mass is 222 g/mol. The van der Waals surface area contributed by atoms with Gasteiger partial charge in [0.15, 0.2) is 0 Å². The van der Waals surface area contributed by atoms with E-state index >= 15 is 0 Å². The van der Waals surface area contributed by atoms with Gasteiger partial charge in [0.25, 0.3) is 0 Å². The molecule has 1 aliphatic carbocycles. The van der Waals surface area contributed by atoms with Gasteiger partial charge in [-0.2, -0.15) is 0 Å². The summed E-state index contributed by atoms with van der Waals surface area (Å²) in [7, 11) is 0. The fraction of sp³-hybridized carbons (Fsp3) is 0.571. The third kappa shape index (κ3) is 2.62. The molecule has 0 spiro atoms. The van der Waals surface area contributed by atoms with Crippen LogP contribution < -0.4 is 0 Å². The molecule has 0 aromatic heterocycles. The first-order chi connectivity index (χ1) is 7.71. The van der Waals surface area contributed by atoms with E-state index in [0.717, 1.165) is 31.2 Å². The van der Waals surface area contributed by atoms with Crippen molar-refractivity contribution >= 4 is 0 Å². The second-order valence-electron chi connectivity index (χ2n) is 4.81. The lowest BCUT2D eigenvalue weighted by Gasteiger charge is -2.30. The Hall–Kier alpha value is -0.890. The Labute approximate surface area is 96.3 Å². The van der Waals surface area contributed by atoms with Gasteiger partial charge in [0.2, 0.25) is 0 Å². The third-order valence-electron chi connectivity index (χ3n) is 3.56. The Bertz CT molecular complexity index is 323. The zero-order valence-corrected chi connectivity index (χ0v) is 9.58. The molecule has 2 rings (SSSR count). The molecule has 1 saturated carbocycles. The molecule has 0 radical (unpaired) electrons. The maximum Gasteiger partial charge on any atom is 0.123 e. The van der Waals surface area contributed by atoms with E-state index in [2.05, 4.69) is 0 Å². The van der Waals surface area contributed by atoms with Gasteiger partial charge in [-0.15, -0.1) is 0 Å². The molecule has 0 bridgehead atoms. The van der Waals surface area contributed by atoms with Crippen molar-refractivity contribution in [3.8, 4) is 0 Å². The third-order valence-corrected chi connectivity index (χ3v) is 3.56. The summed E-state index contributed by atoms with van der Waals surface area (Å²) in [6, 6.07) is 6.31. The van der Waals surface area contributed by atoms with Gasteiger partial charge in [0, 0.05) is 0 Å². The molecule has 0 heterocycles. The lowest BCUT2D eigenvalue weighted by atomic mass is 9.82. The standard InChI is InChI=1S/C14H19FO/c15-13-8-6-12(7-9-13)14(16)10-4-2-1-3-5-11-14/h6-9,16H,1-5,10-11H2. The first-order valence-corrected chi connectivity index (χ1v) is 6.19. The zero-order chi connectivity index (χ0) is 11.4. The summed E-state index contributed by atoms with van der Waals surface area (Å²) in [5.74, 6) is -0.238. The Morgan fingerprint density at radius 2 is 1.38 bits per heavy atom. The van der Waals surface area contributed by atoms with Crippen molar-refractivity contribution in [1.29, 1.82) is 0 Å². The van der Waals surface area contributed by atoms with Gasteiger partial charge >= 0.3 is 0 Å². The van der Waals surface area contributed by atoms with Gasteiger partial charge < -0.3 is 5.11 Å². The molecular formula is C14H19FO. The summed E-state index contributed by atoms with van der Waals surface area (Å²) in [4.78, 5) is 0. The molecule has 1 nitrogen and oxygen atoms in total. The minimum absolute atomic E-state index is 0.238. The minimum Gasteiger partial charge on any atom is -0.385 e. The van der Waals surface area contributed by atoms with Gasteiger partial charge in [0.1, 0.15) is 5.82 Å². The fourth-order valence-corrected chi connectivity index (χ4v) is 2.54. The van der Waals surface area contributed by atoms with Crippen LogP contribution in [0.15, 0.2) is 24.3 Å². The van der Waals surface area contributed by atoms with Crippen LogP contribution in [0.2, 0.25) is 0 Å². The summed E-state index contributed by atoms with van der Waals surface area (Å²) in [5, 5.41) is 10.6. The van der Waals surface area contributed by atoms with Crippen LogP contribution in [-0.2, 0) is 5.60 Å². The topological polar surface area (TPSA) is 20.2 Å². The van der Waals surface area contributed by atoms with Crippen LogP contribution in [-0.4, -0.2) is 5.11 Å². The smallest absolute Gasteiger partial charge is 0.123 e. The molecule has 0 amide bonds. The molecule has 1 aromatic carbocycles. The first kappa shape index (κ1) is 11.6. The van der Waals surface area contributed by atoms with Crippen LogP contribution in [0, 0.1) is 5.82 Å². The zero-order valence-electron chi connectivity index (χ0n) is 9.58. The van der Waals surface area contributed by atoms with Crippen LogP contribution in [0.4, 0.5) is 4.39 Å². The highest BCUT2D eigenvalue weighted by molar-refractivity contribution is 5.23. The molecule has 16 heavy (non-hydrogen) atoms. The van der Waals surface area contributed by atoms with Gasteiger partial charge in [-0.05, 0) is 30.5 Å². The lowest BCUT2D eigenvalue weighted by Crippen LogP contribution is -2.26. The summed E-state index contributed by atoms with van der Waals surface area (Å²) in [5.41, 5.74) is 0.143. The number of hydrogen-bond acceptors (Lipinski definition) is 1. The van der Waals surface area contributed by atoms with Gasteiger partial charge in [0.05, 0.1) is 5.60 Å². The highest BCUT2D eigenvalue weighted by Crippen LogP contribution is 2.34. The van der Waals surface area contributed by atoms with E-state index < -0.39 is 5.60 Å². The first-order valence-electron chi connectivity index (χ1n) is 6.19. The SMILES string of the molecule is OC1(c2ccc(F)cc2)CCCCCCC1. The molecule has 1 N–H and O–H groups in total. The molecule has 0 saturated heterocycles. The van der Waals surface area contributed by atoms with Gasteiger partial charge in [-0.3, -0.25) is 0 Å². The van der Waals surface area contributed by atoms with Crippen LogP contribution in [0.3, 0.4) is 0 Å². The van der Waals surface area contributed by atoms with E-state index in [-0.39, 0.29) is 5.82 Å². The Kier molecular flexibility index (Phi) is 3.59. The van der Waals surface area contributed by atoms with Crippen molar-refractivity contribution in [1.82, 2.24) is 0 Å². The number of halogens is 1. The average Bonchev–Trinajstić information content (AvgIpc) is 2.25. The second-order valence-corrected chi connectivity index (χ2v) is 4.81. The number of rotatable bonds is 1. The van der Waals surface area contributed by atoms with Crippen molar-refractivity contribution in [2.24, 2.45) is 0 Å². The van der Waals surface area contributed by atoms with Gasteiger partial charge in [-0.1, -0.05) is 44.2 Å². The number of hydrogen-bond donors (Lipinski definition) is 1. The molecular weight excluding hydrogens is 203 g/mol. The van der Waals surface area contributed by atoms with E-state index in [1.165, 1.54) is 31.4 Å². The fourth-order valence-electron chi connectivity index (χ4n) is 2.54. The van der Waals surface area contributed by atoms with Crippen LogP contribution in [0.1, 0.15) is 50.5 Å². The van der Waals surface area contributed by atoms with Crippen molar-refractivity contribution in [3.63, 3.8) is 0 Å². The summed E-state index contributed by atoms with van der Waals surface area (Å²) in [6.07, 6.45) is 7.41. The Balaban J connectivity index is 2.17. The summed E-state index contributed by atoms with van der Waals surface area (Å²) < 4.78 is 12.8. The minimum atomic E-state index is -0.728. The number of aliphatic hydroxyl groups is 1. The molecule has 0 unspecified atom stereocenters. The largest absolute Gasteiger partial charge is 0.385 e. The maximum atomic E-state index is 12.8. The average molecular weight is 222 g/mol. The highest BCUT2D eigenvalue weighted by atomic mass is 19.1.